The van der Waals surface area contributed by atoms with Crippen molar-refractivity contribution < 1.29 is 14.7 Å². The van der Waals surface area contributed by atoms with Gasteiger partial charge in [0.15, 0.2) is 11.5 Å². The molecule has 14 nitrogen and oxygen atoms in total. The summed E-state index contributed by atoms with van der Waals surface area (Å²) in [5.41, 5.74) is 5.06. The number of rotatable bonds is 11. The maximum atomic E-state index is 13.5. The summed E-state index contributed by atoms with van der Waals surface area (Å²) in [4.78, 5) is 56.5. The molecule has 3 fully saturated rings. The number of nitrogens with one attached hydrogen (secondary N) is 3. The minimum atomic E-state index is -0.988. The second-order valence-corrected chi connectivity index (χ2v) is 16.4. The van der Waals surface area contributed by atoms with Gasteiger partial charge < -0.3 is 25.5 Å². The van der Waals surface area contributed by atoms with E-state index in [9.17, 15) is 19.5 Å². The van der Waals surface area contributed by atoms with E-state index in [4.69, 9.17) is 9.97 Å². The van der Waals surface area contributed by atoms with Crippen molar-refractivity contribution in [3.8, 4) is 5.82 Å². The van der Waals surface area contributed by atoms with Gasteiger partial charge in [-0.3, -0.25) is 19.7 Å². The van der Waals surface area contributed by atoms with E-state index in [2.05, 4.69) is 61.6 Å². The molecule has 2 aromatic carbocycles. The monoisotopic (exact) mass is 796 g/mol. The molecule has 3 saturated heterocycles. The summed E-state index contributed by atoms with van der Waals surface area (Å²) < 4.78 is 3.26. The van der Waals surface area contributed by atoms with E-state index >= 15 is 0 Å². The van der Waals surface area contributed by atoms with Crippen molar-refractivity contribution in [1.29, 1.82) is 0 Å². The van der Waals surface area contributed by atoms with E-state index in [0.29, 0.717) is 66.3 Å². The Morgan fingerprint density at radius 3 is 2.15 bits per heavy atom. The van der Waals surface area contributed by atoms with E-state index in [1.54, 1.807) is 21.6 Å². The highest BCUT2D eigenvalue weighted by atomic mass is 16.3. The second kappa shape index (κ2) is 16.1. The van der Waals surface area contributed by atoms with Crippen LogP contribution < -0.4 is 31.3 Å². The topological polar surface area (TPSA) is 163 Å². The quantitative estimate of drug-likeness (QED) is 0.103. The van der Waals surface area contributed by atoms with Crippen LogP contribution in [0.5, 0.6) is 0 Å². The first-order valence-electron chi connectivity index (χ1n) is 21.1. The molecule has 0 radical (unpaired) electrons. The standard InChI is InChI=1S/C45H52N10O4/c1-3-23-54-43(58)37-28-46-44(51-41(37)55(54)38-15-7-30-17-22-45(59,4-2)40(30)49-38)48-31-8-12-35(13-9-31)53-26-20-33(21-27-53)47-32-18-24-52(25-19-32)34-10-5-29(6-11-34)36-14-16-39(56)50-42(36)57/h3,5-13,15,28,32-33,36,47,59H,1,4,14,16-27H2,2H3,(H,46,48,51)(H,50,56,57)/t36?,45-/m1/s1. The van der Waals surface area contributed by atoms with Gasteiger partial charge in [0.1, 0.15) is 11.0 Å². The molecule has 0 spiro atoms. The molecular formula is C45H52N10O4. The van der Waals surface area contributed by atoms with Gasteiger partial charge in [0.25, 0.3) is 5.56 Å². The first-order chi connectivity index (χ1) is 28.7. The molecule has 0 saturated carbocycles. The Morgan fingerprint density at radius 2 is 1.53 bits per heavy atom. The number of fused-ring (bicyclic) bond motifs is 2. The molecule has 9 rings (SSSR count). The SMILES string of the molecule is C=CCn1c(=O)c2cnc(Nc3ccc(N4CCC(NC5CCN(c6ccc(C7CCC(=O)NC7=O)cc6)CC5)CC4)cc3)nc2n1-c1ccc2c(n1)[C@@](O)(CC)CC2. The van der Waals surface area contributed by atoms with Crippen LogP contribution in [0.4, 0.5) is 23.0 Å². The van der Waals surface area contributed by atoms with Gasteiger partial charge in [0.05, 0.1) is 18.2 Å². The molecule has 306 valence electrons. The lowest BCUT2D eigenvalue weighted by atomic mass is 9.90. The molecular weight excluding hydrogens is 745 g/mol. The number of hydrogen-bond acceptors (Lipinski definition) is 11. The van der Waals surface area contributed by atoms with Crippen LogP contribution in [-0.2, 0) is 28.2 Å². The molecule has 1 unspecified atom stereocenters. The maximum Gasteiger partial charge on any atom is 0.278 e. The van der Waals surface area contributed by atoms with Crippen LogP contribution in [0.3, 0.4) is 0 Å². The van der Waals surface area contributed by atoms with Gasteiger partial charge in [0.2, 0.25) is 17.8 Å². The summed E-state index contributed by atoms with van der Waals surface area (Å²) in [5.74, 6) is 0.249. The second-order valence-electron chi connectivity index (χ2n) is 16.4. The fraction of sp³-hybridized carbons (Fsp3) is 0.422. The Kier molecular flexibility index (Phi) is 10.5. The summed E-state index contributed by atoms with van der Waals surface area (Å²) in [6.07, 6.45) is 10.5. The van der Waals surface area contributed by atoms with Gasteiger partial charge in [-0.05, 0) is 105 Å². The Labute approximate surface area is 343 Å². The number of carbonyl (C=O) groups is 2. The van der Waals surface area contributed by atoms with Crippen LogP contribution in [0.2, 0.25) is 0 Å². The number of nitrogens with zero attached hydrogens (tertiary/aromatic N) is 7. The highest BCUT2D eigenvalue weighted by Gasteiger charge is 2.37. The summed E-state index contributed by atoms with van der Waals surface area (Å²) in [5, 5.41) is 21.4. The number of aliphatic hydroxyl groups is 1. The van der Waals surface area contributed by atoms with Crippen molar-refractivity contribution in [2.75, 3.05) is 41.3 Å². The molecule has 0 bridgehead atoms. The van der Waals surface area contributed by atoms with E-state index in [0.717, 1.165) is 75.1 Å². The van der Waals surface area contributed by atoms with Gasteiger partial charge in [-0.2, -0.15) is 4.98 Å². The minimum Gasteiger partial charge on any atom is -0.384 e. The summed E-state index contributed by atoms with van der Waals surface area (Å²) in [6.45, 7) is 10.0. The van der Waals surface area contributed by atoms with Crippen LogP contribution in [-0.4, -0.2) is 79.5 Å². The summed E-state index contributed by atoms with van der Waals surface area (Å²) >= 11 is 0. The lowest BCUT2D eigenvalue weighted by molar-refractivity contribution is -0.134. The van der Waals surface area contributed by atoms with Crippen molar-refractivity contribution in [3.63, 3.8) is 0 Å². The summed E-state index contributed by atoms with van der Waals surface area (Å²) in [6, 6.07) is 21.5. The molecule has 1 aliphatic carbocycles. The van der Waals surface area contributed by atoms with Crippen LogP contribution in [0.15, 0.2) is 84.3 Å². The first kappa shape index (κ1) is 38.6. The van der Waals surface area contributed by atoms with Crippen molar-refractivity contribution in [1.82, 2.24) is 34.9 Å². The molecule has 4 N–H and O–H groups in total. The number of imide groups is 1. The van der Waals surface area contributed by atoms with E-state index in [1.807, 2.05) is 43.3 Å². The van der Waals surface area contributed by atoms with Crippen molar-refractivity contribution in [3.05, 3.63) is 107 Å². The molecule has 4 aliphatic rings. The first-order valence-corrected chi connectivity index (χ1v) is 21.1. The van der Waals surface area contributed by atoms with E-state index < -0.39 is 5.60 Å². The van der Waals surface area contributed by atoms with Crippen molar-refractivity contribution in [2.45, 2.75) is 94.9 Å². The molecule has 59 heavy (non-hydrogen) atoms. The van der Waals surface area contributed by atoms with Crippen molar-refractivity contribution >= 4 is 45.9 Å². The van der Waals surface area contributed by atoms with E-state index in [-0.39, 0.29) is 29.8 Å². The largest absolute Gasteiger partial charge is 0.384 e. The van der Waals surface area contributed by atoms with Crippen LogP contribution in [0.1, 0.15) is 81.0 Å². The predicted molar refractivity (Wildman–Crippen MR) is 229 cm³/mol. The van der Waals surface area contributed by atoms with Gasteiger partial charge in [-0.1, -0.05) is 31.2 Å². The number of aromatic nitrogens is 5. The van der Waals surface area contributed by atoms with Crippen LogP contribution >= 0.6 is 0 Å². The molecule has 3 aliphatic heterocycles. The third kappa shape index (κ3) is 7.62. The Morgan fingerprint density at radius 1 is 0.864 bits per heavy atom. The number of benzene rings is 2. The zero-order valence-corrected chi connectivity index (χ0v) is 33.6. The smallest absolute Gasteiger partial charge is 0.278 e. The molecule has 6 heterocycles. The average Bonchev–Trinajstić information content (AvgIpc) is 3.74. The summed E-state index contributed by atoms with van der Waals surface area (Å²) in [7, 11) is 0. The molecule has 2 amide bonds. The third-order valence-corrected chi connectivity index (χ3v) is 12.8. The number of aryl methyl sites for hydroxylation is 1. The lowest BCUT2D eigenvalue weighted by Gasteiger charge is -2.39. The zero-order valence-electron chi connectivity index (χ0n) is 33.6. The Balaban J connectivity index is 0.793. The van der Waals surface area contributed by atoms with Crippen LogP contribution in [0.25, 0.3) is 16.9 Å². The number of piperidine rings is 3. The maximum absolute atomic E-state index is 13.5. The highest BCUT2D eigenvalue weighted by Crippen LogP contribution is 2.38. The van der Waals surface area contributed by atoms with Crippen LogP contribution in [0, 0.1) is 0 Å². The number of hydrogen-bond donors (Lipinski definition) is 4. The normalized spacial score (nSPS) is 21.5. The Hall–Kier alpha value is -5.86. The third-order valence-electron chi connectivity index (χ3n) is 12.8. The Bertz CT molecular complexity index is 2430. The van der Waals surface area contributed by atoms with Gasteiger partial charge in [-0.25, -0.2) is 19.3 Å². The van der Waals surface area contributed by atoms with Crippen molar-refractivity contribution in [2.24, 2.45) is 0 Å². The molecule has 3 aromatic heterocycles. The molecule has 5 aromatic rings. The van der Waals surface area contributed by atoms with E-state index in [1.165, 1.54) is 11.4 Å². The number of pyridine rings is 1. The predicted octanol–water partition coefficient (Wildman–Crippen LogP) is 5.20. The van der Waals surface area contributed by atoms with Gasteiger partial charge in [-0.15, -0.1) is 6.58 Å². The molecule has 2 atom stereocenters. The number of amides is 2. The lowest BCUT2D eigenvalue weighted by Crippen LogP contribution is -2.50. The number of anilines is 4. The zero-order chi connectivity index (χ0) is 40.7. The van der Waals surface area contributed by atoms with Gasteiger partial charge >= 0.3 is 0 Å². The average molecular weight is 797 g/mol. The number of allylic oxidation sites excluding steroid dienone is 1. The number of carbonyl (C=O) groups excluding carboxylic acids is 2. The highest BCUT2D eigenvalue weighted by molar-refractivity contribution is 6.01. The fourth-order valence-corrected chi connectivity index (χ4v) is 9.37. The fourth-order valence-electron chi connectivity index (χ4n) is 9.37. The molecule has 14 heteroatoms. The minimum absolute atomic E-state index is 0.183. The van der Waals surface area contributed by atoms with Gasteiger partial charge in [0, 0.05) is 67.9 Å².